The Bertz CT molecular complexity index is 1340. The molecule has 1 amide bonds. The number of rotatable bonds is 21. The molecule has 0 heterocycles. The Morgan fingerprint density at radius 1 is 0.691 bits per heavy atom. The number of fused-ring (bicyclic) bond motifs is 5. The number of carboxylic acid groups (broad SMARTS) is 5. The highest BCUT2D eigenvalue weighted by Gasteiger charge is 2.65. The lowest BCUT2D eigenvalue weighted by atomic mass is 9.43. The second kappa shape index (κ2) is 18.7. The molecule has 4 fully saturated rings. The number of nitrogens with one attached hydrogen (secondary N) is 1. The molecular weight excluding hydrogens is 720 g/mol. The summed E-state index contributed by atoms with van der Waals surface area (Å²) in [6, 6.07) is -0.240. The molecule has 0 radical (unpaired) electrons. The first-order chi connectivity index (χ1) is 25.7. The molecule has 55 heavy (non-hydrogen) atoms. The second-order valence-corrected chi connectivity index (χ2v) is 17.2. The molecule has 17 nitrogen and oxygen atoms in total. The molecule has 4 aliphatic rings. The summed E-state index contributed by atoms with van der Waals surface area (Å²) in [4.78, 5) is 73.2. The minimum atomic E-state index is -1.52. The smallest absolute Gasteiger partial charge is 0.234 e. The van der Waals surface area contributed by atoms with Crippen LogP contribution in [0.1, 0.15) is 78.6 Å². The van der Waals surface area contributed by atoms with E-state index in [1.807, 2.05) is 0 Å². The van der Waals surface area contributed by atoms with Crippen molar-refractivity contribution in [3.8, 4) is 0 Å². The van der Waals surface area contributed by atoms with Crippen molar-refractivity contribution in [2.24, 2.45) is 46.3 Å². The SMILES string of the molecule is CC(CCC(=O)[O-])[C@H]1CCC2C3C(C[C@H](O)[C@@]21C)[C@@]1(C)CC[C@H](NC(=O)CN(CCN(CC(=O)[O-])CC(=O)[O-])CCN(CC(=O)[O-])CC(=O)[O-])C[C@H]1C[C@H]3O. The van der Waals surface area contributed by atoms with Crippen molar-refractivity contribution in [2.75, 3.05) is 58.9 Å². The van der Waals surface area contributed by atoms with Crippen molar-refractivity contribution in [1.82, 2.24) is 20.0 Å². The third-order valence-corrected chi connectivity index (χ3v) is 14.0. The lowest BCUT2D eigenvalue weighted by molar-refractivity contribution is -0.312. The molecule has 0 bridgehead atoms. The summed E-state index contributed by atoms with van der Waals surface area (Å²) in [5.41, 5.74) is -0.632. The van der Waals surface area contributed by atoms with Crippen molar-refractivity contribution in [3.05, 3.63) is 0 Å². The average Bonchev–Trinajstić information content (AvgIpc) is 3.43. The molecule has 0 spiro atoms. The van der Waals surface area contributed by atoms with E-state index in [0.29, 0.717) is 32.1 Å². The van der Waals surface area contributed by atoms with E-state index in [1.165, 1.54) is 0 Å². The van der Waals surface area contributed by atoms with Gasteiger partial charge in [0.05, 0.1) is 42.6 Å². The van der Waals surface area contributed by atoms with E-state index in [-0.39, 0.29) is 86.1 Å². The highest BCUT2D eigenvalue weighted by Crippen LogP contribution is 2.68. The average molecular weight is 778 g/mol. The molecule has 4 aliphatic carbocycles. The standard InChI is InChI=1S/C38H62N4O13/c1-22(4-7-31(46)47)25-5-6-26-36-27(16-29(44)38(25,26)3)37(2)9-8-24(14-23(37)15-28(36)43)39-30(45)17-40(10-12-41(18-32(48)49)19-33(50)51)11-13-42(20-34(52)53)21-35(54)55/h22-29,36,43-44H,4-21H2,1-3H3,(H,39,45)(H,46,47)(H,48,49)(H,50,51)(H,52,53)(H,54,55)/p-5/t22?,23-,24-,25+,26?,27?,28+,29-,36?,37-,38+/m0/s1. The Morgan fingerprint density at radius 2 is 1.22 bits per heavy atom. The lowest BCUT2D eigenvalue weighted by Gasteiger charge is -2.63. The van der Waals surface area contributed by atoms with Gasteiger partial charge in [-0.3, -0.25) is 19.5 Å². The van der Waals surface area contributed by atoms with Gasteiger partial charge in [0.15, 0.2) is 0 Å². The highest BCUT2D eigenvalue weighted by atomic mass is 16.4. The minimum Gasteiger partial charge on any atom is -0.550 e. The van der Waals surface area contributed by atoms with Gasteiger partial charge in [0.1, 0.15) is 0 Å². The van der Waals surface area contributed by atoms with Gasteiger partial charge >= 0.3 is 0 Å². The number of aliphatic carboxylic acids is 5. The number of carbonyl (C=O) groups excluding carboxylic acids is 6. The third-order valence-electron chi connectivity index (χ3n) is 14.0. The van der Waals surface area contributed by atoms with Crippen LogP contribution < -0.4 is 30.8 Å². The number of carboxylic acids is 5. The quantitative estimate of drug-likeness (QED) is 0.0979. The molecule has 4 saturated carbocycles. The summed E-state index contributed by atoms with van der Waals surface area (Å²) in [6.45, 7) is 2.98. The van der Waals surface area contributed by atoms with Crippen molar-refractivity contribution in [1.29, 1.82) is 0 Å². The van der Waals surface area contributed by atoms with Crippen LogP contribution in [0.4, 0.5) is 0 Å². The van der Waals surface area contributed by atoms with Gasteiger partial charge in [-0.1, -0.05) is 20.8 Å². The van der Waals surface area contributed by atoms with Crippen LogP contribution in [0.15, 0.2) is 0 Å². The molecular formula is C38H57N4O13-5. The molecule has 4 unspecified atom stereocenters. The molecule has 0 saturated heterocycles. The van der Waals surface area contributed by atoms with E-state index in [1.54, 1.807) is 4.90 Å². The topological polar surface area (TPSA) is 280 Å². The minimum absolute atomic E-state index is 0.00514. The van der Waals surface area contributed by atoms with Crippen LogP contribution in [-0.4, -0.2) is 138 Å². The number of aliphatic hydroxyl groups is 2. The van der Waals surface area contributed by atoms with Crippen LogP contribution in [0.5, 0.6) is 0 Å². The van der Waals surface area contributed by atoms with Gasteiger partial charge in [0.25, 0.3) is 0 Å². The van der Waals surface area contributed by atoms with Crippen molar-refractivity contribution in [3.63, 3.8) is 0 Å². The number of carbonyl (C=O) groups is 6. The Morgan fingerprint density at radius 3 is 1.73 bits per heavy atom. The van der Waals surface area contributed by atoms with Crippen molar-refractivity contribution >= 4 is 35.8 Å². The zero-order valence-corrected chi connectivity index (χ0v) is 32.2. The van der Waals surface area contributed by atoms with Crippen LogP contribution in [0.25, 0.3) is 0 Å². The maximum Gasteiger partial charge on any atom is 0.234 e. The van der Waals surface area contributed by atoms with E-state index >= 15 is 0 Å². The van der Waals surface area contributed by atoms with E-state index in [2.05, 4.69) is 26.1 Å². The zero-order chi connectivity index (χ0) is 40.8. The van der Waals surface area contributed by atoms with Gasteiger partial charge < -0.3 is 65.0 Å². The maximum atomic E-state index is 13.5. The molecule has 17 heteroatoms. The predicted octanol–water partition coefficient (Wildman–Crippen LogP) is -5.86. The first kappa shape index (κ1) is 44.3. The Hall–Kier alpha value is -3.38. The van der Waals surface area contributed by atoms with Crippen LogP contribution in [0, 0.1) is 46.3 Å². The van der Waals surface area contributed by atoms with Gasteiger partial charge in [-0.25, -0.2) is 0 Å². The summed E-state index contributed by atoms with van der Waals surface area (Å²) in [6.07, 6.45) is 4.06. The molecule has 4 rings (SSSR count). The highest BCUT2D eigenvalue weighted by molar-refractivity contribution is 5.78. The lowest BCUT2D eigenvalue weighted by Crippen LogP contribution is -2.63. The Labute approximate surface area is 322 Å². The van der Waals surface area contributed by atoms with Gasteiger partial charge in [-0.05, 0) is 104 Å². The molecule has 3 N–H and O–H groups in total. The maximum absolute atomic E-state index is 13.5. The summed E-state index contributed by atoms with van der Waals surface area (Å²) < 4.78 is 0. The Balaban J connectivity index is 1.42. The zero-order valence-electron chi connectivity index (χ0n) is 32.2. The number of hydrogen-bond acceptors (Lipinski definition) is 16. The normalized spacial score (nSPS) is 33.4. The van der Waals surface area contributed by atoms with Gasteiger partial charge in [0.2, 0.25) is 5.91 Å². The van der Waals surface area contributed by atoms with E-state index < -0.39 is 79.6 Å². The number of hydrogen-bond donors (Lipinski definition) is 3. The molecule has 312 valence electrons. The predicted molar refractivity (Wildman–Crippen MR) is 183 cm³/mol. The van der Waals surface area contributed by atoms with Crippen LogP contribution in [0.2, 0.25) is 0 Å². The molecule has 0 aromatic carbocycles. The molecule has 11 atom stereocenters. The van der Waals surface area contributed by atoms with Crippen LogP contribution >= 0.6 is 0 Å². The largest absolute Gasteiger partial charge is 0.550 e. The van der Waals surface area contributed by atoms with Crippen LogP contribution in [0.3, 0.4) is 0 Å². The fourth-order valence-corrected chi connectivity index (χ4v) is 11.3. The van der Waals surface area contributed by atoms with Crippen molar-refractivity contribution < 1.29 is 64.5 Å². The number of aliphatic hydroxyl groups excluding tert-OH is 2. The Kier molecular flexibility index (Phi) is 15.1. The van der Waals surface area contributed by atoms with Crippen LogP contribution in [-0.2, 0) is 28.8 Å². The summed E-state index contributed by atoms with van der Waals surface area (Å²) >= 11 is 0. The fraction of sp³-hybridized carbons (Fsp3) is 0.842. The van der Waals surface area contributed by atoms with Gasteiger partial charge in [0, 0.05) is 64.4 Å². The monoisotopic (exact) mass is 777 g/mol. The first-order valence-corrected chi connectivity index (χ1v) is 19.6. The molecule has 0 aromatic heterocycles. The van der Waals surface area contributed by atoms with E-state index in [4.69, 9.17) is 0 Å². The van der Waals surface area contributed by atoms with Gasteiger partial charge in [-0.2, -0.15) is 0 Å². The number of amides is 1. The molecule has 0 aliphatic heterocycles. The molecule has 0 aromatic rings. The third kappa shape index (κ3) is 10.9. The number of nitrogens with zero attached hydrogens (tertiary/aromatic N) is 3. The van der Waals surface area contributed by atoms with Crippen molar-refractivity contribution in [2.45, 2.75) is 96.8 Å². The summed E-state index contributed by atoms with van der Waals surface area (Å²) in [7, 11) is 0. The fourth-order valence-electron chi connectivity index (χ4n) is 11.3. The van der Waals surface area contributed by atoms with Gasteiger partial charge in [-0.15, -0.1) is 0 Å². The first-order valence-electron chi connectivity index (χ1n) is 19.6. The van der Waals surface area contributed by atoms with E-state index in [9.17, 15) is 64.5 Å². The summed E-state index contributed by atoms with van der Waals surface area (Å²) in [5.74, 6) is -7.13. The summed E-state index contributed by atoms with van der Waals surface area (Å²) in [5, 5.41) is 82.8. The second-order valence-electron chi connectivity index (χ2n) is 17.2. The van der Waals surface area contributed by atoms with E-state index in [0.717, 1.165) is 29.1 Å².